The summed E-state index contributed by atoms with van der Waals surface area (Å²) < 4.78 is 0. The second-order valence-corrected chi connectivity index (χ2v) is 5.83. The predicted octanol–water partition coefficient (Wildman–Crippen LogP) is 2.69. The van der Waals surface area contributed by atoms with E-state index in [9.17, 15) is 4.79 Å². The molecule has 1 aromatic carbocycles. The standard InChI is InChI=1S/C16H24N2O/c1-12(2)16(19)17(4)15-9-10-18(11-15)14-7-5-13(3)6-8-14/h5-8,12,15H,9-11H2,1-4H3. The second-order valence-electron chi connectivity index (χ2n) is 5.83. The Balaban J connectivity index is 2.00. The van der Waals surface area contributed by atoms with Gasteiger partial charge in [0, 0.05) is 31.7 Å². The summed E-state index contributed by atoms with van der Waals surface area (Å²) in [6.45, 7) is 8.00. The Hall–Kier alpha value is -1.51. The third-order valence-corrected chi connectivity index (χ3v) is 3.95. The van der Waals surface area contributed by atoms with Gasteiger partial charge in [-0.2, -0.15) is 0 Å². The number of rotatable bonds is 3. The van der Waals surface area contributed by atoms with Crippen LogP contribution in [0.1, 0.15) is 25.8 Å². The van der Waals surface area contributed by atoms with E-state index in [1.165, 1.54) is 11.3 Å². The van der Waals surface area contributed by atoms with Crippen LogP contribution in [-0.4, -0.2) is 37.0 Å². The maximum atomic E-state index is 12.0. The maximum absolute atomic E-state index is 12.0. The summed E-state index contributed by atoms with van der Waals surface area (Å²) in [5.41, 5.74) is 2.55. The molecule has 0 aromatic heterocycles. The molecule has 1 atom stereocenters. The van der Waals surface area contributed by atoms with Gasteiger partial charge in [0.05, 0.1) is 6.04 Å². The fourth-order valence-corrected chi connectivity index (χ4v) is 2.64. The molecule has 1 aromatic rings. The van der Waals surface area contributed by atoms with Crippen molar-refractivity contribution in [1.82, 2.24) is 4.90 Å². The van der Waals surface area contributed by atoms with Gasteiger partial charge in [-0.1, -0.05) is 31.5 Å². The number of carbonyl (C=O) groups excluding carboxylic acids is 1. The summed E-state index contributed by atoms with van der Waals surface area (Å²) in [5.74, 6) is 0.328. The number of aryl methyl sites for hydroxylation is 1. The van der Waals surface area contributed by atoms with Gasteiger partial charge in [0.1, 0.15) is 0 Å². The van der Waals surface area contributed by atoms with Gasteiger partial charge < -0.3 is 9.80 Å². The molecule has 1 amide bonds. The fourth-order valence-electron chi connectivity index (χ4n) is 2.64. The first-order valence-corrected chi connectivity index (χ1v) is 7.07. The van der Waals surface area contributed by atoms with E-state index in [0.717, 1.165) is 19.5 Å². The van der Waals surface area contributed by atoms with Crippen LogP contribution in [0.2, 0.25) is 0 Å². The number of nitrogens with zero attached hydrogens (tertiary/aromatic N) is 2. The second kappa shape index (κ2) is 5.64. The van der Waals surface area contributed by atoms with E-state index in [1.54, 1.807) is 0 Å². The van der Waals surface area contributed by atoms with Crippen LogP contribution in [-0.2, 0) is 4.79 Å². The summed E-state index contributed by atoms with van der Waals surface area (Å²) in [5, 5.41) is 0. The largest absolute Gasteiger partial charge is 0.369 e. The highest BCUT2D eigenvalue weighted by Gasteiger charge is 2.29. The van der Waals surface area contributed by atoms with Crippen molar-refractivity contribution in [3.8, 4) is 0 Å². The zero-order valence-corrected chi connectivity index (χ0v) is 12.4. The highest BCUT2D eigenvalue weighted by atomic mass is 16.2. The maximum Gasteiger partial charge on any atom is 0.225 e. The average Bonchev–Trinajstić information content (AvgIpc) is 2.87. The molecule has 19 heavy (non-hydrogen) atoms. The van der Waals surface area contributed by atoms with Crippen molar-refractivity contribution in [1.29, 1.82) is 0 Å². The highest BCUT2D eigenvalue weighted by molar-refractivity contribution is 5.78. The van der Waals surface area contributed by atoms with Crippen LogP contribution in [0.25, 0.3) is 0 Å². The molecule has 1 saturated heterocycles. The molecular formula is C16H24N2O. The molecule has 1 aliphatic heterocycles. The predicted molar refractivity (Wildman–Crippen MR) is 79.4 cm³/mol. The van der Waals surface area contributed by atoms with Gasteiger partial charge >= 0.3 is 0 Å². The third-order valence-electron chi connectivity index (χ3n) is 3.95. The van der Waals surface area contributed by atoms with E-state index in [4.69, 9.17) is 0 Å². The van der Waals surface area contributed by atoms with E-state index in [0.29, 0.717) is 6.04 Å². The van der Waals surface area contributed by atoms with Crippen molar-refractivity contribution in [2.24, 2.45) is 5.92 Å². The molecular weight excluding hydrogens is 236 g/mol. The van der Waals surface area contributed by atoms with Gasteiger partial charge in [0.2, 0.25) is 5.91 Å². The van der Waals surface area contributed by atoms with Gasteiger partial charge in [-0.15, -0.1) is 0 Å². The Morgan fingerprint density at radius 2 is 1.95 bits per heavy atom. The minimum absolute atomic E-state index is 0.0819. The van der Waals surface area contributed by atoms with Crippen molar-refractivity contribution in [2.75, 3.05) is 25.0 Å². The van der Waals surface area contributed by atoms with Crippen molar-refractivity contribution in [3.63, 3.8) is 0 Å². The number of amides is 1. The Morgan fingerprint density at radius 3 is 2.53 bits per heavy atom. The lowest BCUT2D eigenvalue weighted by Crippen LogP contribution is -2.41. The lowest BCUT2D eigenvalue weighted by molar-refractivity contribution is -0.134. The summed E-state index contributed by atoms with van der Waals surface area (Å²) in [6.07, 6.45) is 1.06. The van der Waals surface area contributed by atoms with Gasteiger partial charge in [0.25, 0.3) is 0 Å². The molecule has 3 nitrogen and oxygen atoms in total. The zero-order chi connectivity index (χ0) is 14.0. The zero-order valence-electron chi connectivity index (χ0n) is 12.4. The third kappa shape index (κ3) is 3.09. The van der Waals surface area contributed by atoms with Gasteiger partial charge in [-0.25, -0.2) is 0 Å². The number of hydrogen-bond acceptors (Lipinski definition) is 2. The number of likely N-dealkylation sites (N-methyl/N-ethyl adjacent to an activating group) is 1. The number of hydrogen-bond donors (Lipinski definition) is 0. The van der Waals surface area contributed by atoms with E-state index in [1.807, 2.05) is 25.8 Å². The summed E-state index contributed by atoms with van der Waals surface area (Å²) >= 11 is 0. The number of anilines is 1. The van der Waals surface area contributed by atoms with Crippen LogP contribution >= 0.6 is 0 Å². The molecule has 1 heterocycles. The average molecular weight is 260 g/mol. The first kappa shape index (κ1) is 13.9. The van der Waals surface area contributed by atoms with Gasteiger partial charge in [-0.3, -0.25) is 4.79 Å². The molecule has 2 rings (SSSR count). The molecule has 0 N–H and O–H groups in total. The molecule has 3 heteroatoms. The summed E-state index contributed by atoms with van der Waals surface area (Å²) in [4.78, 5) is 16.3. The molecule has 104 valence electrons. The first-order chi connectivity index (χ1) is 8.99. The summed E-state index contributed by atoms with van der Waals surface area (Å²) in [6, 6.07) is 8.97. The van der Waals surface area contributed by atoms with Crippen molar-refractivity contribution in [3.05, 3.63) is 29.8 Å². The monoisotopic (exact) mass is 260 g/mol. The van der Waals surface area contributed by atoms with Crippen LogP contribution in [0.4, 0.5) is 5.69 Å². The smallest absolute Gasteiger partial charge is 0.225 e. The lowest BCUT2D eigenvalue weighted by Gasteiger charge is -2.27. The molecule has 1 fully saturated rings. The van der Waals surface area contributed by atoms with Gasteiger partial charge in [0.15, 0.2) is 0 Å². The number of carbonyl (C=O) groups is 1. The molecule has 0 radical (unpaired) electrons. The Kier molecular flexibility index (Phi) is 4.13. The molecule has 0 saturated carbocycles. The Morgan fingerprint density at radius 1 is 1.32 bits per heavy atom. The highest BCUT2D eigenvalue weighted by Crippen LogP contribution is 2.23. The Bertz CT molecular complexity index is 439. The van der Waals surface area contributed by atoms with E-state index in [2.05, 4.69) is 36.1 Å². The number of benzene rings is 1. The minimum atomic E-state index is 0.0819. The van der Waals surface area contributed by atoms with E-state index >= 15 is 0 Å². The van der Waals surface area contributed by atoms with E-state index in [-0.39, 0.29) is 11.8 Å². The van der Waals surface area contributed by atoms with E-state index < -0.39 is 0 Å². The first-order valence-electron chi connectivity index (χ1n) is 7.07. The van der Waals surface area contributed by atoms with Gasteiger partial charge in [-0.05, 0) is 25.5 Å². The summed E-state index contributed by atoms with van der Waals surface area (Å²) in [7, 11) is 1.94. The van der Waals surface area contributed by atoms with Crippen molar-refractivity contribution in [2.45, 2.75) is 33.2 Å². The molecule has 0 aliphatic carbocycles. The van der Waals surface area contributed by atoms with Crippen molar-refractivity contribution < 1.29 is 4.79 Å². The molecule has 1 aliphatic rings. The van der Waals surface area contributed by atoms with Crippen LogP contribution in [0.3, 0.4) is 0 Å². The van der Waals surface area contributed by atoms with Crippen molar-refractivity contribution >= 4 is 11.6 Å². The molecule has 1 unspecified atom stereocenters. The molecule has 0 spiro atoms. The fraction of sp³-hybridized carbons (Fsp3) is 0.562. The SMILES string of the molecule is Cc1ccc(N2CCC(N(C)C(=O)C(C)C)C2)cc1. The quantitative estimate of drug-likeness (QED) is 0.834. The van der Waals surface area contributed by atoms with Crippen LogP contribution in [0.15, 0.2) is 24.3 Å². The topological polar surface area (TPSA) is 23.6 Å². The molecule has 0 bridgehead atoms. The van der Waals surface area contributed by atoms with Crippen LogP contribution < -0.4 is 4.90 Å². The lowest BCUT2D eigenvalue weighted by atomic mass is 10.1. The Labute approximate surface area is 116 Å². The van der Waals surface area contributed by atoms with Crippen LogP contribution in [0, 0.1) is 12.8 Å². The van der Waals surface area contributed by atoms with Crippen LogP contribution in [0.5, 0.6) is 0 Å². The minimum Gasteiger partial charge on any atom is -0.369 e. The normalized spacial score (nSPS) is 19.0.